The predicted molar refractivity (Wildman–Crippen MR) is 69.5 cm³/mol. The van der Waals surface area contributed by atoms with Gasteiger partial charge in [0.15, 0.2) is 12.1 Å². The molecule has 1 amide bonds. The SMILES string of the molecule is CCOC(=O)c1cc(C(=O)N2CCc3ocnc3C2)n[nH]1. The Morgan fingerprint density at radius 1 is 1.52 bits per heavy atom. The first-order chi connectivity index (χ1) is 10.2. The first-order valence-electron chi connectivity index (χ1n) is 6.62. The summed E-state index contributed by atoms with van der Waals surface area (Å²) in [6.07, 6.45) is 2.00. The molecule has 1 aliphatic rings. The van der Waals surface area contributed by atoms with Gasteiger partial charge in [0.2, 0.25) is 0 Å². The van der Waals surface area contributed by atoms with Gasteiger partial charge in [0, 0.05) is 19.0 Å². The van der Waals surface area contributed by atoms with E-state index in [0.29, 0.717) is 19.5 Å². The molecule has 0 atom stereocenters. The number of nitrogens with zero attached hydrogens (tertiary/aromatic N) is 3. The van der Waals surface area contributed by atoms with Crippen molar-refractivity contribution in [2.24, 2.45) is 0 Å². The molecule has 0 aliphatic carbocycles. The molecule has 0 unspecified atom stereocenters. The fourth-order valence-electron chi connectivity index (χ4n) is 2.20. The van der Waals surface area contributed by atoms with E-state index in [-0.39, 0.29) is 23.9 Å². The molecule has 0 saturated heterocycles. The molecular weight excluding hydrogens is 276 g/mol. The van der Waals surface area contributed by atoms with Gasteiger partial charge in [-0.1, -0.05) is 0 Å². The second-order valence-electron chi connectivity index (χ2n) is 4.59. The van der Waals surface area contributed by atoms with Gasteiger partial charge in [-0.2, -0.15) is 5.10 Å². The highest BCUT2D eigenvalue weighted by Gasteiger charge is 2.26. The summed E-state index contributed by atoms with van der Waals surface area (Å²) in [5.41, 5.74) is 1.11. The number of fused-ring (bicyclic) bond motifs is 1. The number of esters is 1. The maximum absolute atomic E-state index is 12.4. The highest BCUT2D eigenvalue weighted by molar-refractivity contribution is 5.95. The van der Waals surface area contributed by atoms with Crippen molar-refractivity contribution < 1.29 is 18.7 Å². The number of carbonyl (C=O) groups excluding carboxylic acids is 2. The molecule has 0 spiro atoms. The number of ether oxygens (including phenoxy) is 1. The maximum Gasteiger partial charge on any atom is 0.356 e. The minimum Gasteiger partial charge on any atom is -0.461 e. The Hall–Kier alpha value is -2.64. The number of nitrogens with one attached hydrogen (secondary N) is 1. The zero-order chi connectivity index (χ0) is 14.8. The smallest absolute Gasteiger partial charge is 0.356 e. The lowest BCUT2D eigenvalue weighted by Crippen LogP contribution is -2.36. The standard InChI is InChI=1S/C13H14N4O4/c1-2-20-13(19)9-5-8(15-16-9)12(18)17-4-3-11-10(6-17)14-7-21-11/h5,7H,2-4,6H2,1H3,(H,15,16). The van der Waals surface area contributed by atoms with Gasteiger partial charge < -0.3 is 14.1 Å². The molecule has 3 heterocycles. The normalized spacial score (nSPS) is 13.9. The molecule has 0 radical (unpaired) electrons. The molecule has 0 saturated carbocycles. The molecule has 2 aromatic rings. The third-order valence-electron chi connectivity index (χ3n) is 3.25. The average molecular weight is 290 g/mol. The molecule has 2 aromatic heterocycles. The molecule has 1 N–H and O–H groups in total. The van der Waals surface area contributed by atoms with Gasteiger partial charge >= 0.3 is 5.97 Å². The Bertz CT molecular complexity index is 675. The van der Waals surface area contributed by atoms with E-state index >= 15 is 0 Å². The van der Waals surface area contributed by atoms with Gasteiger partial charge in [0.05, 0.1) is 13.2 Å². The predicted octanol–water partition coefficient (Wildman–Crippen LogP) is 0.773. The van der Waals surface area contributed by atoms with Gasteiger partial charge in [-0.3, -0.25) is 9.89 Å². The maximum atomic E-state index is 12.4. The number of aromatic nitrogens is 3. The number of hydrogen-bond acceptors (Lipinski definition) is 6. The number of rotatable bonds is 3. The molecule has 8 heteroatoms. The summed E-state index contributed by atoms with van der Waals surface area (Å²) in [4.78, 5) is 29.6. The Morgan fingerprint density at radius 2 is 2.38 bits per heavy atom. The summed E-state index contributed by atoms with van der Waals surface area (Å²) in [6.45, 7) is 2.89. The lowest BCUT2D eigenvalue weighted by molar-refractivity contribution is 0.0519. The van der Waals surface area contributed by atoms with Crippen LogP contribution in [0.2, 0.25) is 0 Å². The molecule has 0 aromatic carbocycles. The highest BCUT2D eigenvalue weighted by atomic mass is 16.5. The van der Waals surface area contributed by atoms with Crippen molar-refractivity contribution in [2.75, 3.05) is 13.2 Å². The van der Waals surface area contributed by atoms with Crippen LogP contribution in [0.5, 0.6) is 0 Å². The van der Waals surface area contributed by atoms with Crippen LogP contribution in [0.25, 0.3) is 0 Å². The highest BCUT2D eigenvalue weighted by Crippen LogP contribution is 2.18. The van der Waals surface area contributed by atoms with E-state index in [9.17, 15) is 9.59 Å². The van der Waals surface area contributed by atoms with Crippen molar-refractivity contribution >= 4 is 11.9 Å². The quantitative estimate of drug-likeness (QED) is 0.838. The molecular formula is C13H14N4O4. The molecule has 0 bridgehead atoms. The largest absolute Gasteiger partial charge is 0.461 e. The summed E-state index contributed by atoms with van der Waals surface area (Å²) in [5.74, 6) is 0.0326. The first-order valence-corrected chi connectivity index (χ1v) is 6.62. The number of amides is 1. The fourth-order valence-corrected chi connectivity index (χ4v) is 2.20. The molecule has 110 valence electrons. The van der Waals surface area contributed by atoms with E-state index in [4.69, 9.17) is 9.15 Å². The summed E-state index contributed by atoms with van der Waals surface area (Å²) >= 11 is 0. The van der Waals surface area contributed by atoms with Gasteiger partial charge in [0.25, 0.3) is 5.91 Å². The molecule has 1 aliphatic heterocycles. The van der Waals surface area contributed by atoms with E-state index in [0.717, 1.165) is 11.5 Å². The summed E-state index contributed by atoms with van der Waals surface area (Å²) in [7, 11) is 0. The summed E-state index contributed by atoms with van der Waals surface area (Å²) < 4.78 is 10.1. The molecule has 3 rings (SSSR count). The van der Waals surface area contributed by atoms with Crippen LogP contribution in [0.1, 0.15) is 39.4 Å². The number of aromatic amines is 1. The van der Waals surface area contributed by atoms with Crippen LogP contribution in [-0.4, -0.2) is 45.1 Å². The number of carbonyl (C=O) groups is 2. The van der Waals surface area contributed by atoms with Crippen molar-refractivity contribution in [1.82, 2.24) is 20.1 Å². The van der Waals surface area contributed by atoms with Gasteiger partial charge in [0.1, 0.15) is 17.1 Å². The topological polar surface area (TPSA) is 101 Å². The van der Waals surface area contributed by atoms with Crippen LogP contribution < -0.4 is 0 Å². The zero-order valence-corrected chi connectivity index (χ0v) is 11.5. The van der Waals surface area contributed by atoms with Crippen LogP contribution in [0.4, 0.5) is 0 Å². The van der Waals surface area contributed by atoms with E-state index < -0.39 is 5.97 Å². The monoisotopic (exact) mass is 290 g/mol. The minimum absolute atomic E-state index is 0.166. The van der Waals surface area contributed by atoms with Crippen LogP contribution in [0, 0.1) is 0 Å². The van der Waals surface area contributed by atoms with E-state index in [1.54, 1.807) is 11.8 Å². The minimum atomic E-state index is -0.526. The first kappa shape index (κ1) is 13.3. The van der Waals surface area contributed by atoms with Crippen molar-refractivity contribution in [1.29, 1.82) is 0 Å². The Labute approximate surface area is 120 Å². The van der Waals surface area contributed by atoms with Crippen LogP contribution >= 0.6 is 0 Å². The third-order valence-corrected chi connectivity index (χ3v) is 3.25. The number of H-pyrrole nitrogens is 1. The van der Waals surface area contributed by atoms with Crippen molar-refractivity contribution in [3.63, 3.8) is 0 Å². The van der Waals surface area contributed by atoms with Crippen LogP contribution in [-0.2, 0) is 17.7 Å². The van der Waals surface area contributed by atoms with Crippen molar-refractivity contribution in [2.45, 2.75) is 19.9 Å². The number of oxazole rings is 1. The summed E-state index contributed by atoms with van der Waals surface area (Å²) in [6, 6.07) is 1.40. The van der Waals surface area contributed by atoms with Crippen molar-refractivity contribution in [3.05, 3.63) is 35.3 Å². The van der Waals surface area contributed by atoms with Crippen molar-refractivity contribution in [3.8, 4) is 0 Å². The van der Waals surface area contributed by atoms with E-state index in [1.165, 1.54) is 12.5 Å². The summed E-state index contributed by atoms with van der Waals surface area (Å²) in [5, 5.41) is 6.40. The Kier molecular flexibility index (Phi) is 3.43. The lowest BCUT2D eigenvalue weighted by Gasteiger charge is -2.24. The second-order valence-corrected chi connectivity index (χ2v) is 4.59. The Balaban J connectivity index is 1.73. The molecule has 21 heavy (non-hydrogen) atoms. The zero-order valence-electron chi connectivity index (χ0n) is 11.5. The van der Waals surface area contributed by atoms with Crippen LogP contribution in [0.15, 0.2) is 16.9 Å². The Morgan fingerprint density at radius 3 is 3.19 bits per heavy atom. The van der Waals surface area contributed by atoms with E-state index in [2.05, 4.69) is 15.2 Å². The number of hydrogen-bond donors (Lipinski definition) is 1. The van der Waals surface area contributed by atoms with E-state index in [1.807, 2.05) is 0 Å². The fraction of sp³-hybridized carbons (Fsp3) is 0.385. The lowest BCUT2D eigenvalue weighted by atomic mass is 10.1. The van der Waals surface area contributed by atoms with Gasteiger partial charge in [-0.05, 0) is 6.92 Å². The van der Waals surface area contributed by atoms with Gasteiger partial charge in [-0.15, -0.1) is 0 Å². The van der Waals surface area contributed by atoms with Gasteiger partial charge in [-0.25, -0.2) is 9.78 Å². The third kappa shape index (κ3) is 2.51. The molecule has 8 nitrogen and oxygen atoms in total. The molecule has 0 fully saturated rings. The second kappa shape index (κ2) is 5.39. The van der Waals surface area contributed by atoms with Crippen LogP contribution in [0.3, 0.4) is 0 Å². The average Bonchev–Trinajstić information content (AvgIpc) is 3.15.